The average Bonchev–Trinajstić information content (AvgIpc) is 2.52. The summed E-state index contributed by atoms with van der Waals surface area (Å²) in [5.74, 6) is -0.172. The van der Waals surface area contributed by atoms with Crippen molar-refractivity contribution in [2.24, 2.45) is 5.41 Å². The van der Waals surface area contributed by atoms with E-state index in [-0.39, 0.29) is 17.6 Å². The van der Waals surface area contributed by atoms with E-state index in [0.29, 0.717) is 6.54 Å². The van der Waals surface area contributed by atoms with Crippen molar-refractivity contribution in [3.63, 3.8) is 0 Å². The molecule has 4 heteroatoms. The normalized spacial score (nSPS) is 12.7. The lowest BCUT2D eigenvalue weighted by Gasteiger charge is -2.22. The standard InChI is InChI=1S/C19H23FN2O/c1-19(2,3)18(23)22-13-16(11-14-5-4-10-21-12-14)15-6-8-17(20)9-7-15/h4-10,12,16H,11,13H2,1-3H3,(H,22,23). The fraction of sp³-hybridized carbons (Fsp3) is 0.368. The van der Waals surface area contributed by atoms with Crippen molar-refractivity contribution in [2.45, 2.75) is 33.1 Å². The third-order valence-corrected chi connectivity index (χ3v) is 3.74. The Morgan fingerprint density at radius 3 is 2.48 bits per heavy atom. The predicted molar refractivity (Wildman–Crippen MR) is 89.5 cm³/mol. The molecule has 1 amide bonds. The number of nitrogens with zero attached hydrogens (tertiary/aromatic N) is 1. The molecule has 0 saturated heterocycles. The monoisotopic (exact) mass is 314 g/mol. The molecule has 1 unspecified atom stereocenters. The zero-order valence-corrected chi connectivity index (χ0v) is 13.8. The SMILES string of the molecule is CC(C)(C)C(=O)NCC(Cc1cccnc1)c1ccc(F)cc1. The van der Waals surface area contributed by atoms with Crippen LogP contribution in [0.5, 0.6) is 0 Å². The summed E-state index contributed by atoms with van der Waals surface area (Å²) >= 11 is 0. The maximum absolute atomic E-state index is 13.2. The summed E-state index contributed by atoms with van der Waals surface area (Å²) in [7, 11) is 0. The highest BCUT2D eigenvalue weighted by molar-refractivity contribution is 5.81. The van der Waals surface area contributed by atoms with Gasteiger partial charge < -0.3 is 5.32 Å². The van der Waals surface area contributed by atoms with Crippen LogP contribution < -0.4 is 5.32 Å². The lowest BCUT2D eigenvalue weighted by atomic mass is 9.91. The molecule has 1 heterocycles. The Morgan fingerprint density at radius 1 is 1.22 bits per heavy atom. The number of hydrogen-bond acceptors (Lipinski definition) is 2. The van der Waals surface area contributed by atoms with Gasteiger partial charge in [0.1, 0.15) is 5.82 Å². The average molecular weight is 314 g/mol. The quantitative estimate of drug-likeness (QED) is 0.914. The third kappa shape index (κ3) is 5.16. The number of pyridine rings is 1. The minimum atomic E-state index is -0.429. The molecule has 122 valence electrons. The van der Waals surface area contributed by atoms with Gasteiger partial charge in [0.25, 0.3) is 0 Å². The van der Waals surface area contributed by atoms with Crippen molar-refractivity contribution in [3.8, 4) is 0 Å². The molecule has 0 aliphatic carbocycles. The smallest absolute Gasteiger partial charge is 0.225 e. The predicted octanol–water partition coefficient (Wildman–Crippen LogP) is 3.71. The molecule has 1 aromatic carbocycles. The molecule has 1 atom stereocenters. The minimum Gasteiger partial charge on any atom is -0.355 e. The van der Waals surface area contributed by atoms with Crippen molar-refractivity contribution < 1.29 is 9.18 Å². The van der Waals surface area contributed by atoms with E-state index in [2.05, 4.69) is 10.3 Å². The number of carbonyl (C=O) groups excluding carboxylic acids is 1. The number of hydrogen-bond donors (Lipinski definition) is 1. The number of carbonyl (C=O) groups is 1. The molecular weight excluding hydrogens is 291 g/mol. The number of benzene rings is 1. The Labute approximate surface area is 137 Å². The maximum Gasteiger partial charge on any atom is 0.225 e. The molecule has 1 N–H and O–H groups in total. The lowest BCUT2D eigenvalue weighted by Crippen LogP contribution is -2.37. The third-order valence-electron chi connectivity index (χ3n) is 3.74. The van der Waals surface area contributed by atoms with E-state index >= 15 is 0 Å². The number of aromatic nitrogens is 1. The largest absolute Gasteiger partial charge is 0.355 e. The summed E-state index contributed by atoms with van der Waals surface area (Å²) in [6.45, 7) is 6.17. The maximum atomic E-state index is 13.2. The van der Waals surface area contributed by atoms with E-state index in [4.69, 9.17) is 0 Å². The molecule has 1 aromatic heterocycles. The van der Waals surface area contributed by atoms with Crippen molar-refractivity contribution in [2.75, 3.05) is 6.54 Å². The second kappa shape index (κ2) is 7.36. The summed E-state index contributed by atoms with van der Waals surface area (Å²) in [5.41, 5.74) is 1.66. The Hall–Kier alpha value is -2.23. The summed E-state index contributed by atoms with van der Waals surface area (Å²) < 4.78 is 13.2. The summed E-state index contributed by atoms with van der Waals surface area (Å²) in [4.78, 5) is 16.3. The van der Waals surface area contributed by atoms with Gasteiger partial charge in [0.05, 0.1) is 0 Å². The molecule has 0 fully saturated rings. The number of amides is 1. The highest BCUT2D eigenvalue weighted by Crippen LogP contribution is 2.21. The molecule has 0 aliphatic heterocycles. The van der Waals surface area contributed by atoms with Gasteiger partial charge in [-0.1, -0.05) is 39.0 Å². The van der Waals surface area contributed by atoms with Crippen molar-refractivity contribution in [1.82, 2.24) is 10.3 Å². The van der Waals surface area contributed by atoms with Gasteiger partial charge in [-0.3, -0.25) is 9.78 Å². The van der Waals surface area contributed by atoms with Crippen LogP contribution in [0, 0.1) is 11.2 Å². The van der Waals surface area contributed by atoms with E-state index in [0.717, 1.165) is 17.5 Å². The second-order valence-electron chi connectivity index (χ2n) is 6.77. The molecule has 0 saturated carbocycles. The molecule has 0 bridgehead atoms. The molecular formula is C19H23FN2O. The van der Waals surface area contributed by atoms with Gasteiger partial charge in [-0.05, 0) is 35.7 Å². The van der Waals surface area contributed by atoms with Crippen LogP contribution in [0.3, 0.4) is 0 Å². The first-order valence-electron chi connectivity index (χ1n) is 7.79. The van der Waals surface area contributed by atoms with Crippen molar-refractivity contribution in [1.29, 1.82) is 0 Å². The Morgan fingerprint density at radius 2 is 1.91 bits per heavy atom. The number of rotatable bonds is 5. The van der Waals surface area contributed by atoms with Crippen molar-refractivity contribution in [3.05, 3.63) is 65.7 Å². The van der Waals surface area contributed by atoms with Gasteiger partial charge in [-0.25, -0.2) is 4.39 Å². The van der Waals surface area contributed by atoms with Crippen LogP contribution in [-0.4, -0.2) is 17.4 Å². The van der Waals surface area contributed by atoms with E-state index < -0.39 is 5.41 Å². The lowest BCUT2D eigenvalue weighted by molar-refractivity contribution is -0.128. The molecule has 0 radical (unpaired) electrons. The highest BCUT2D eigenvalue weighted by Gasteiger charge is 2.22. The topological polar surface area (TPSA) is 42.0 Å². The van der Waals surface area contributed by atoms with Crippen LogP contribution in [0.1, 0.15) is 37.8 Å². The molecule has 3 nitrogen and oxygen atoms in total. The summed E-state index contributed by atoms with van der Waals surface area (Å²) in [6.07, 6.45) is 4.30. The summed E-state index contributed by atoms with van der Waals surface area (Å²) in [6, 6.07) is 10.4. The fourth-order valence-electron chi connectivity index (χ4n) is 2.33. The minimum absolute atomic E-state index is 0.01000. The molecule has 2 aromatic rings. The number of halogens is 1. The van der Waals surface area contributed by atoms with Crippen LogP contribution >= 0.6 is 0 Å². The summed E-state index contributed by atoms with van der Waals surface area (Å²) in [5, 5.41) is 3.00. The molecule has 0 spiro atoms. The van der Waals surface area contributed by atoms with Crippen LogP contribution in [0.4, 0.5) is 4.39 Å². The molecule has 2 rings (SSSR count). The Bertz CT molecular complexity index is 633. The highest BCUT2D eigenvalue weighted by atomic mass is 19.1. The zero-order valence-electron chi connectivity index (χ0n) is 13.8. The van der Waals surface area contributed by atoms with E-state index in [9.17, 15) is 9.18 Å². The van der Waals surface area contributed by atoms with Gasteiger partial charge in [-0.15, -0.1) is 0 Å². The first-order valence-corrected chi connectivity index (χ1v) is 7.79. The van der Waals surface area contributed by atoms with Crippen molar-refractivity contribution >= 4 is 5.91 Å². The van der Waals surface area contributed by atoms with E-state index in [1.54, 1.807) is 18.3 Å². The number of nitrogens with one attached hydrogen (secondary N) is 1. The van der Waals surface area contributed by atoms with E-state index in [1.807, 2.05) is 39.1 Å². The van der Waals surface area contributed by atoms with Crippen LogP contribution in [0.2, 0.25) is 0 Å². The Kier molecular flexibility index (Phi) is 5.48. The van der Waals surface area contributed by atoms with Gasteiger partial charge >= 0.3 is 0 Å². The first-order chi connectivity index (χ1) is 10.9. The van der Waals surface area contributed by atoms with Gasteiger partial charge in [-0.2, -0.15) is 0 Å². The molecule has 0 aliphatic rings. The second-order valence-corrected chi connectivity index (χ2v) is 6.77. The molecule has 23 heavy (non-hydrogen) atoms. The zero-order chi connectivity index (χ0) is 16.9. The fourth-order valence-corrected chi connectivity index (χ4v) is 2.33. The van der Waals surface area contributed by atoms with Crippen LogP contribution in [0.25, 0.3) is 0 Å². The van der Waals surface area contributed by atoms with Crippen LogP contribution in [-0.2, 0) is 11.2 Å². The van der Waals surface area contributed by atoms with Gasteiger partial charge in [0.2, 0.25) is 5.91 Å². The van der Waals surface area contributed by atoms with Crippen LogP contribution in [0.15, 0.2) is 48.8 Å². The van der Waals surface area contributed by atoms with Gasteiger partial charge in [0, 0.05) is 30.3 Å². The van der Waals surface area contributed by atoms with Gasteiger partial charge in [0.15, 0.2) is 0 Å². The first kappa shape index (κ1) is 17.1. The van der Waals surface area contributed by atoms with E-state index in [1.165, 1.54) is 12.1 Å². The Balaban J connectivity index is 2.14.